The molecule has 1 aromatic rings. The van der Waals surface area contributed by atoms with Crippen LogP contribution in [0.15, 0.2) is 24.3 Å². The molecule has 1 fully saturated rings. The molecule has 4 N–H and O–H groups in total. The molecule has 6 nitrogen and oxygen atoms in total. The number of hydrogen-bond donors (Lipinski definition) is 3. The number of benzene rings is 1. The molecule has 7 heteroatoms. The second kappa shape index (κ2) is 9.37. The van der Waals surface area contributed by atoms with Gasteiger partial charge in [0, 0.05) is 37.4 Å². The van der Waals surface area contributed by atoms with E-state index in [1.54, 1.807) is 6.92 Å². The molecule has 2 rings (SSSR count). The zero-order valence-electron chi connectivity index (χ0n) is 13.4. The number of rotatable bonds is 6. The van der Waals surface area contributed by atoms with Gasteiger partial charge in [-0.3, -0.25) is 9.59 Å². The molecule has 0 bridgehead atoms. The first-order chi connectivity index (χ1) is 10.6. The Labute approximate surface area is 143 Å². The molecule has 0 aliphatic carbocycles. The van der Waals surface area contributed by atoms with E-state index in [2.05, 4.69) is 15.5 Å². The number of nitrogens with two attached hydrogens (primary N) is 1. The second-order valence-electron chi connectivity index (χ2n) is 5.56. The zero-order chi connectivity index (χ0) is 15.9. The van der Waals surface area contributed by atoms with Gasteiger partial charge in [0.1, 0.15) is 6.04 Å². The number of carbonyl (C=O) groups excluding carboxylic acids is 2. The van der Waals surface area contributed by atoms with Crippen molar-refractivity contribution in [3.63, 3.8) is 0 Å². The van der Waals surface area contributed by atoms with E-state index in [-0.39, 0.29) is 37.2 Å². The summed E-state index contributed by atoms with van der Waals surface area (Å²) in [5, 5.41) is 5.47. The number of halogens is 1. The van der Waals surface area contributed by atoms with Crippen LogP contribution in [0.4, 0.5) is 11.4 Å². The van der Waals surface area contributed by atoms with Crippen LogP contribution < -0.4 is 21.3 Å². The van der Waals surface area contributed by atoms with Crippen LogP contribution in [-0.2, 0) is 9.59 Å². The lowest BCUT2D eigenvalue weighted by atomic mass is 10.2. The maximum atomic E-state index is 12.1. The summed E-state index contributed by atoms with van der Waals surface area (Å²) in [7, 11) is 0. The van der Waals surface area contributed by atoms with Crippen LogP contribution in [0.3, 0.4) is 0 Å². The second-order valence-corrected chi connectivity index (χ2v) is 5.56. The summed E-state index contributed by atoms with van der Waals surface area (Å²) >= 11 is 0. The quantitative estimate of drug-likeness (QED) is 0.732. The van der Waals surface area contributed by atoms with Gasteiger partial charge in [-0.15, -0.1) is 12.4 Å². The number of anilines is 2. The lowest BCUT2D eigenvalue weighted by Crippen LogP contribution is -2.42. The minimum Gasteiger partial charge on any atom is -0.371 e. The van der Waals surface area contributed by atoms with Crippen LogP contribution in [0.25, 0.3) is 0 Å². The Morgan fingerprint density at radius 2 is 2.00 bits per heavy atom. The number of nitrogens with one attached hydrogen (secondary N) is 2. The van der Waals surface area contributed by atoms with Gasteiger partial charge in [-0.05, 0) is 38.0 Å². The molecule has 1 atom stereocenters. The first kappa shape index (κ1) is 19.3. The summed E-state index contributed by atoms with van der Waals surface area (Å²) in [5.74, 6) is -0.445. The highest BCUT2D eigenvalue weighted by molar-refractivity contribution is 5.97. The van der Waals surface area contributed by atoms with E-state index >= 15 is 0 Å². The van der Waals surface area contributed by atoms with Gasteiger partial charge in [0.2, 0.25) is 11.8 Å². The minimum atomic E-state index is -0.588. The summed E-state index contributed by atoms with van der Waals surface area (Å²) in [6, 6.07) is 7.22. The molecule has 23 heavy (non-hydrogen) atoms. The number of nitrogens with zero attached hydrogens (tertiary/aromatic N) is 1. The van der Waals surface area contributed by atoms with Gasteiger partial charge in [-0.2, -0.15) is 0 Å². The van der Waals surface area contributed by atoms with Crippen LogP contribution in [0, 0.1) is 0 Å². The Hall–Kier alpha value is -1.79. The maximum Gasteiger partial charge on any atom is 0.246 e. The summed E-state index contributed by atoms with van der Waals surface area (Å²) in [6.07, 6.45) is 2.64. The van der Waals surface area contributed by atoms with Gasteiger partial charge in [-0.1, -0.05) is 6.07 Å². The van der Waals surface area contributed by atoms with Crippen LogP contribution in [0.1, 0.15) is 26.2 Å². The van der Waals surface area contributed by atoms with E-state index in [0.717, 1.165) is 24.5 Å². The third-order valence-corrected chi connectivity index (χ3v) is 3.73. The molecule has 1 saturated heterocycles. The molecule has 0 radical (unpaired) electrons. The maximum absolute atomic E-state index is 12.1. The Kier molecular flexibility index (Phi) is 7.85. The van der Waals surface area contributed by atoms with Crippen molar-refractivity contribution in [1.82, 2.24) is 5.32 Å². The van der Waals surface area contributed by atoms with Gasteiger partial charge in [0.05, 0.1) is 0 Å². The Bertz CT molecular complexity index is 533. The molecule has 1 unspecified atom stereocenters. The lowest BCUT2D eigenvalue weighted by molar-refractivity contribution is -0.126. The monoisotopic (exact) mass is 340 g/mol. The first-order valence-corrected chi connectivity index (χ1v) is 7.75. The molecule has 128 valence electrons. The van der Waals surface area contributed by atoms with E-state index in [1.807, 2.05) is 24.3 Å². The van der Waals surface area contributed by atoms with E-state index in [4.69, 9.17) is 5.73 Å². The average Bonchev–Trinajstić information content (AvgIpc) is 3.02. The van der Waals surface area contributed by atoms with Crippen molar-refractivity contribution in [2.24, 2.45) is 5.73 Å². The van der Waals surface area contributed by atoms with Gasteiger partial charge in [0.25, 0.3) is 0 Å². The van der Waals surface area contributed by atoms with Gasteiger partial charge < -0.3 is 21.3 Å². The van der Waals surface area contributed by atoms with E-state index in [1.165, 1.54) is 12.8 Å². The van der Waals surface area contributed by atoms with E-state index in [9.17, 15) is 9.59 Å². The summed E-state index contributed by atoms with van der Waals surface area (Å²) in [4.78, 5) is 25.9. The van der Waals surface area contributed by atoms with Crippen LogP contribution in [0.5, 0.6) is 0 Å². The molecular weight excluding hydrogens is 316 g/mol. The minimum absolute atomic E-state index is 0. The van der Waals surface area contributed by atoms with Crippen molar-refractivity contribution in [3.8, 4) is 0 Å². The highest BCUT2D eigenvalue weighted by Crippen LogP contribution is 2.23. The number of hydrogen-bond acceptors (Lipinski definition) is 4. The summed E-state index contributed by atoms with van der Waals surface area (Å²) in [6.45, 7) is 4.05. The summed E-state index contributed by atoms with van der Waals surface area (Å²) < 4.78 is 0. The molecule has 0 aromatic heterocycles. The van der Waals surface area contributed by atoms with Crippen LogP contribution in [0.2, 0.25) is 0 Å². The summed E-state index contributed by atoms with van der Waals surface area (Å²) in [5.41, 5.74) is 7.18. The molecule has 1 heterocycles. The van der Waals surface area contributed by atoms with Crippen LogP contribution in [-0.4, -0.2) is 37.5 Å². The van der Waals surface area contributed by atoms with Crippen molar-refractivity contribution in [2.75, 3.05) is 29.9 Å². The zero-order valence-corrected chi connectivity index (χ0v) is 14.2. The normalized spacial score (nSPS) is 14.8. The van der Waals surface area contributed by atoms with Gasteiger partial charge in [-0.25, -0.2) is 0 Å². The van der Waals surface area contributed by atoms with Gasteiger partial charge in [0.15, 0.2) is 0 Å². The SMILES string of the molecule is CC(NC(=O)CCN)C(=O)Nc1cccc(N2CCCC2)c1.Cl. The lowest BCUT2D eigenvalue weighted by Gasteiger charge is -2.19. The third kappa shape index (κ3) is 5.73. The first-order valence-electron chi connectivity index (χ1n) is 7.75. The molecule has 1 aromatic carbocycles. The largest absolute Gasteiger partial charge is 0.371 e. The van der Waals surface area contributed by atoms with Gasteiger partial charge >= 0.3 is 0 Å². The molecular formula is C16H25ClN4O2. The predicted molar refractivity (Wildman–Crippen MR) is 95.0 cm³/mol. The highest BCUT2D eigenvalue weighted by Gasteiger charge is 2.16. The topological polar surface area (TPSA) is 87.5 Å². The van der Waals surface area contributed by atoms with Crippen LogP contribution >= 0.6 is 12.4 Å². The molecule has 2 amide bonds. The molecule has 0 saturated carbocycles. The Balaban J connectivity index is 0.00000264. The highest BCUT2D eigenvalue weighted by atomic mass is 35.5. The molecule has 1 aliphatic heterocycles. The smallest absolute Gasteiger partial charge is 0.246 e. The fourth-order valence-electron chi connectivity index (χ4n) is 2.52. The third-order valence-electron chi connectivity index (χ3n) is 3.73. The van der Waals surface area contributed by atoms with Crippen molar-refractivity contribution in [1.29, 1.82) is 0 Å². The molecule has 0 spiro atoms. The standard InChI is InChI=1S/C16H24N4O2.ClH/c1-12(18-15(21)7-8-17)16(22)19-13-5-4-6-14(11-13)20-9-2-3-10-20;/h4-6,11-12H,2-3,7-10,17H2,1H3,(H,18,21)(H,19,22);1H. The van der Waals surface area contributed by atoms with Crippen molar-refractivity contribution < 1.29 is 9.59 Å². The molecule has 1 aliphatic rings. The van der Waals surface area contributed by atoms with Crippen molar-refractivity contribution in [3.05, 3.63) is 24.3 Å². The number of carbonyl (C=O) groups is 2. The van der Waals surface area contributed by atoms with Crippen molar-refractivity contribution in [2.45, 2.75) is 32.2 Å². The fourth-order valence-corrected chi connectivity index (χ4v) is 2.52. The Morgan fingerprint density at radius 3 is 2.65 bits per heavy atom. The van der Waals surface area contributed by atoms with E-state index in [0.29, 0.717) is 0 Å². The van der Waals surface area contributed by atoms with E-state index < -0.39 is 6.04 Å². The Morgan fingerprint density at radius 1 is 1.30 bits per heavy atom. The fraction of sp³-hybridized carbons (Fsp3) is 0.500. The number of amides is 2. The van der Waals surface area contributed by atoms with Crippen molar-refractivity contribution >= 4 is 35.6 Å². The average molecular weight is 341 g/mol. The predicted octanol–water partition coefficient (Wildman–Crippen LogP) is 1.50.